The molecule has 2 aromatic rings. The molecule has 0 bridgehead atoms. The van der Waals surface area contributed by atoms with Gasteiger partial charge in [0.1, 0.15) is 12.4 Å². The summed E-state index contributed by atoms with van der Waals surface area (Å²) >= 11 is 0. The van der Waals surface area contributed by atoms with Crippen molar-refractivity contribution in [3.05, 3.63) is 42.1 Å². The summed E-state index contributed by atoms with van der Waals surface area (Å²) in [5.41, 5.74) is 1.15. The standard InChI is InChI=1S/C17H25N3O4/c1-14-7-18-20(8-14)11-17-10-19(4-6-24-17)9-15(21)12-22-13-16-3-2-5-23-16/h2-3,5,7-8,15,17,21H,4,6,9-13H2,1H3/t15-,17-/m0/s1. The molecule has 132 valence electrons. The monoisotopic (exact) mass is 335 g/mol. The predicted octanol–water partition coefficient (Wildman–Crippen LogP) is 1.06. The molecule has 0 unspecified atom stereocenters. The maximum atomic E-state index is 10.2. The Labute approximate surface area is 141 Å². The third kappa shape index (κ3) is 5.17. The first-order chi connectivity index (χ1) is 11.7. The van der Waals surface area contributed by atoms with E-state index in [4.69, 9.17) is 13.9 Å². The summed E-state index contributed by atoms with van der Waals surface area (Å²) in [7, 11) is 0. The quantitative estimate of drug-likeness (QED) is 0.778. The van der Waals surface area contributed by atoms with Gasteiger partial charge < -0.3 is 19.0 Å². The number of rotatable bonds is 8. The normalized spacial score (nSPS) is 20.3. The number of aliphatic hydroxyl groups is 1. The fraction of sp³-hybridized carbons (Fsp3) is 0.588. The second-order valence-electron chi connectivity index (χ2n) is 6.24. The van der Waals surface area contributed by atoms with E-state index in [-0.39, 0.29) is 6.10 Å². The number of β-amino-alcohol motifs (C(OH)–C–C–N with tert-alkyl or cyclic N) is 1. The molecule has 1 aliphatic heterocycles. The van der Waals surface area contributed by atoms with Crippen LogP contribution in [0.2, 0.25) is 0 Å². The third-order valence-electron chi connectivity index (χ3n) is 3.98. The Hall–Kier alpha value is -1.67. The van der Waals surface area contributed by atoms with Gasteiger partial charge in [-0.05, 0) is 24.6 Å². The van der Waals surface area contributed by atoms with Crippen molar-refractivity contribution in [2.45, 2.75) is 32.3 Å². The second kappa shape index (κ2) is 8.43. The van der Waals surface area contributed by atoms with Crippen molar-refractivity contribution in [3.63, 3.8) is 0 Å². The molecule has 0 saturated carbocycles. The van der Waals surface area contributed by atoms with Crippen LogP contribution in [0.1, 0.15) is 11.3 Å². The lowest BCUT2D eigenvalue weighted by atomic mass is 10.2. The van der Waals surface area contributed by atoms with E-state index >= 15 is 0 Å². The van der Waals surface area contributed by atoms with Crippen LogP contribution in [0.5, 0.6) is 0 Å². The van der Waals surface area contributed by atoms with E-state index < -0.39 is 6.10 Å². The Morgan fingerprint density at radius 2 is 2.42 bits per heavy atom. The summed E-state index contributed by atoms with van der Waals surface area (Å²) in [6.07, 6.45) is 5.05. The minimum atomic E-state index is -0.523. The van der Waals surface area contributed by atoms with Crippen LogP contribution in [0, 0.1) is 6.92 Å². The number of nitrogens with zero attached hydrogens (tertiary/aromatic N) is 3. The first-order valence-electron chi connectivity index (χ1n) is 8.30. The van der Waals surface area contributed by atoms with Crippen molar-refractivity contribution in [2.24, 2.45) is 0 Å². The molecule has 0 spiro atoms. The van der Waals surface area contributed by atoms with Gasteiger partial charge in [-0.25, -0.2) is 0 Å². The molecular weight excluding hydrogens is 310 g/mol. The molecule has 1 aliphatic rings. The lowest BCUT2D eigenvalue weighted by Crippen LogP contribution is -2.47. The average molecular weight is 335 g/mol. The van der Waals surface area contributed by atoms with E-state index in [0.29, 0.717) is 26.4 Å². The zero-order valence-electron chi connectivity index (χ0n) is 14.0. The summed E-state index contributed by atoms with van der Waals surface area (Å²) in [6, 6.07) is 3.68. The van der Waals surface area contributed by atoms with Gasteiger partial charge in [0.2, 0.25) is 0 Å². The van der Waals surface area contributed by atoms with E-state index in [0.717, 1.165) is 31.0 Å². The van der Waals surface area contributed by atoms with Crippen LogP contribution in [0.3, 0.4) is 0 Å². The Kier molecular flexibility index (Phi) is 6.03. The molecule has 0 amide bonds. The van der Waals surface area contributed by atoms with Crippen LogP contribution in [0.4, 0.5) is 0 Å². The molecule has 7 heteroatoms. The number of hydrogen-bond donors (Lipinski definition) is 1. The fourth-order valence-corrected chi connectivity index (χ4v) is 2.87. The van der Waals surface area contributed by atoms with Crippen LogP contribution in [0.15, 0.2) is 35.2 Å². The van der Waals surface area contributed by atoms with Crippen LogP contribution < -0.4 is 0 Å². The van der Waals surface area contributed by atoms with Gasteiger partial charge in [-0.3, -0.25) is 9.58 Å². The van der Waals surface area contributed by atoms with E-state index in [1.54, 1.807) is 6.26 Å². The van der Waals surface area contributed by atoms with Crippen molar-refractivity contribution >= 4 is 0 Å². The van der Waals surface area contributed by atoms with Gasteiger partial charge in [-0.15, -0.1) is 0 Å². The molecule has 3 heterocycles. The van der Waals surface area contributed by atoms with E-state index in [1.807, 2.05) is 36.1 Å². The van der Waals surface area contributed by atoms with Gasteiger partial charge in [-0.2, -0.15) is 5.10 Å². The van der Waals surface area contributed by atoms with E-state index in [9.17, 15) is 5.11 Å². The zero-order valence-corrected chi connectivity index (χ0v) is 14.0. The highest BCUT2D eigenvalue weighted by Crippen LogP contribution is 2.09. The summed E-state index contributed by atoms with van der Waals surface area (Å²) in [4.78, 5) is 2.21. The SMILES string of the molecule is Cc1cnn(C[C@@H]2CN(C[C@H](O)COCc3ccco3)CCO2)c1. The van der Waals surface area contributed by atoms with Crippen molar-refractivity contribution in [2.75, 3.05) is 32.8 Å². The van der Waals surface area contributed by atoms with Crippen molar-refractivity contribution in [3.8, 4) is 0 Å². The van der Waals surface area contributed by atoms with Gasteiger partial charge in [0.25, 0.3) is 0 Å². The minimum Gasteiger partial charge on any atom is -0.467 e. The summed E-state index contributed by atoms with van der Waals surface area (Å²) < 4.78 is 18.4. The molecule has 7 nitrogen and oxygen atoms in total. The predicted molar refractivity (Wildman–Crippen MR) is 87.5 cm³/mol. The summed E-state index contributed by atoms with van der Waals surface area (Å²) in [6.45, 7) is 6.29. The third-order valence-corrected chi connectivity index (χ3v) is 3.98. The van der Waals surface area contributed by atoms with Gasteiger partial charge in [0.15, 0.2) is 0 Å². The first kappa shape index (κ1) is 17.2. The largest absolute Gasteiger partial charge is 0.467 e. The van der Waals surface area contributed by atoms with Crippen molar-refractivity contribution < 1.29 is 19.0 Å². The molecule has 24 heavy (non-hydrogen) atoms. The van der Waals surface area contributed by atoms with Crippen LogP contribution in [-0.4, -0.2) is 64.8 Å². The molecular formula is C17H25N3O4. The molecule has 2 atom stereocenters. The van der Waals surface area contributed by atoms with E-state index in [1.165, 1.54) is 0 Å². The van der Waals surface area contributed by atoms with Crippen LogP contribution >= 0.6 is 0 Å². The van der Waals surface area contributed by atoms with Gasteiger partial charge in [0, 0.05) is 25.8 Å². The van der Waals surface area contributed by atoms with Crippen LogP contribution in [-0.2, 0) is 22.6 Å². The number of furan rings is 1. The molecule has 0 aromatic carbocycles. The summed E-state index contributed by atoms with van der Waals surface area (Å²) in [5, 5.41) is 14.5. The molecule has 0 aliphatic carbocycles. The van der Waals surface area contributed by atoms with Crippen molar-refractivity contribution in [1.29, 1.82) is 0 Å². The number of aromatic nitrogens is 2. The number of hydrogen-bond acceptors (Lipinski definition) is 6. The Morgan fingerprint density at radius 3 is 3.17 bits per heavy atom. The number of aryl methyl sites for hydroxylation is 1. The molecule has 1 saturated heterocycles. The smallest absolute Gasteiger partial charge is 0.129 e. The Balaban J connectivity index is 1.38. The second-order valence-corrected chi connectivity index (χ2v) is 6.24. The lowest BCUT2D eigenvalue weighted by Gasteiger charge is -2.33. The number of morpholine rings is 1. The van der Waals surface area contributed by atoms with E-state index in [2.05, 4.69) is 10.00 Å². The topological polar surface area (TPSA) is 72.9 Å². The number of aliphatic hydroxyl groups excluding tert-OH is 1. The Morgan fingerprint density at radius 1 is 1.50 bits per heavy atom. The molecule has 2 aromatic heterocycles. The highest BCUT2D eigenvalue weighted by molar-refractivity contribution is 4.99. The zero-order chi connectivity index (χ0) is 16.8. The first-order valence-corrected chi connectivity index (χ1v) is 8.30. The van der Waals surface area contributed by atoms with Crippen LogP contribution in [0.25, 0.3) is 0 Å². The Bertz CT molecular complexity index is 599. The molecule has 1 fully saturated rings. The molecule has 0 radical (unpaired) electrons. The maximum Gasteiger partial charge on any atom is 0.129 e. The maximum absolute atomic E-state index is 10.2. The van der Waals surface area contributed by atoms with Crippen molar-refractivity contribution in [1.82, 2.24) is 14.7 Å². The minimum absolute atomic E-state index is 0.0919. The average Bonchev–Trinajstić information content (AvgIpc) is 3.20. The molecule has 1 N–H and O–H groups in total. The lowest BCUT2D eigenvalue weighted by molar-refractivity contribution is -0.0590. The highest BCUT2D eigenvalue weighted by Gasteiger charge is 2.23. The number of ether oxygens (including phenoxy) is 2. The molecule has 3 rings (SSSR count). The fourth-order valence-electron chi connectivity index (χ4n) is 2.87. The van der Waals surface area contributed by atoms with Gasteiger partial charge in [-0.1, -0.05) is 0 Å². The highest BCUT2D eigenvalue weighted by atomic mass is 16.5. The summed E-state index contributed by atoms with van der Waals surface area (Å²) in [5.74, 6) is 0.767. The van der Waals surface area contributed by atoms with Gasteiger partial charge in [0.05, 0.1) is 44.4 Å². The van der Waals surface area contributed by atoms with Gasteiger partial charge >= 0.3 is 0 Å².